The van der Waals surface area contributed by atoms with Gasteiger partial charge >= 0.3 is 0 Å². The molecule has 6 heteroatoms. The highest BCUT2D eigenvalue weighted by Crippen LogP contribution is 2.33. The van der Waals surface area contributed by atoms with Gasteiger partial charge in [0.25, 0.3) is 5.91 Å². The predicted molar refractivity (Wildman–Crippen MR) is 79.1 cm³/mol. The van der Waals surface area contributed by atoms with Gasteiger partial charge < -0.3 is 10.6 Å². The maximum atomic E-state index is 12.5. The summed E-state index contributed by atoms with van der Waals surface area (Å²) in [5.41, 5.74) is 2.73. The predicted octanol–water partition coefficient (Wildman–Crippen LogP) is 0.410. The Morgan fingerprint density at radius 1 is 1.43 bits per heavy atom. The Morgan fingerprint density at radius 3 is 3.10 bits per heavy atom. The van der Waals surface area contributed by atoms with E-state index in [1.807, 2.05) is 0 Å². The second-order valence-electron chi connectivity index (χ2n) is 6.64. The zero-order valence-electron chi connectivity index (χ0n) is 12.5. The lowest BCUT2D eigenvalue weighted by Gasteiger charge is -2.19. The molecule has 2 fully saturated rings. The van der Waals surface area contributed by atoms with E-state index in [0.29, 0.717) is 11.7 Å². The van der Waals surface area contributed by atoms with E-state index in [9.17, 15) is 4.79 Å². The molecule has 0 bridgehead atoms. The Bertz CT molecular complexity index is 550. The average molecular weight is 289 g/mol. The van der Waals surface area contributed by atoms with Crippen molar-refractivity contribution < 1.29 is 4.79 Å². The van der Waals surface area contributed by atoms with Gasteiger partial charge in [0.2, 0.25) is 0 Å². The lowest BCUT2D eigenvalue weighted by Crippen LogP contribution is -2.38. The van der Waals surface area contributed by atoms with Crippen molar-refractivity contribution in [2.45, 2.75) is 57.3 Å². The van der Waals surface area contributed by atoms with E-state index in [-0.39, 0.29) is 11.9 Å². The maximum Gasteiger partial charge on any atom is 0.272 e. The van der Waals surface area contributed by atoms with Crippen LogP contribution < -0.4 is 10.6 Å². The van der Waals surface area contributed by atoms with Crippen LogP contribution >= 0.6 is 0 Å². The van der Waals surface area contributed by atoms with Gasteiger partial charge in [0.15, 0.2) is 5.69 Å². The highest BCUT2D eigenvalue weighted by atomic mass is 16.2. The molecule has 3 heterocycles. The average Bonchev–Trinajstić information content (AvgIpc) is 3.12. The van der Waals surface area contributed by atoms with Crippen LogP contribution in [-0.2, 0) is 13.0 Å². The minimum absolute atomic E-state index is 0.0222. The molecule has 0 aromatic carbocycles. The molecule has 1 amide bonds. The number of aromatic nitrogens is 2. The van der Waals surface area contributed by atoms with Gasteiger partial charge in [0.05, 0.1) is 0 Å². The SMILES string of the molecule is CC1CC(NC(=O)c2n[nH]c3c2CNCC3)CN1C1CC1. The number of hydrogen-bond donors (Lipinski definition) is 3. The molecular formula is C15H23N5O. The van der Waals surface area contributed by atoms with Crippen LogP contribution in [0.25, 0.3) is 0 Å². The van der Waals surface area contributed by atoms with Gasteiger partial charge in [-0.2, -0.15) is 5.10 Å². The van der Waals surface area contributed by atoms with Crippen LogP contribution in [0.1, 0.15) is 47.9 Å². The Morgan fingerprint density at radius 2 is 2.29 bits per heavy atom. The number of fused-ring (bicyclic) bond motifs is 1. The molecule has 1 aromatic heterocycles. The molecule has 2 aliphatic heterocycles. The number of amides is 1. The number of aromatic amines is 1. The summed E-state index contributed by atoms with van der Waals surface area (Å²) < 4.78 is 0. The van der Waals surface area contributed by atoms with Gasteiger partial charge in [-0.25, -0.2) is 0 Å². The first-order valence-corrected chi connectivity index (χ1v) is 8.06. The number of rotatable bonds is 3. The quantitative estimate of drug-likeness (QED) is 0.753. The molecule has 4 rings (SSSR count). The molecule has 1 aliphatic carbocycles. The molecule has 2 atom stereocenters. The van der Waals surface area contributed by atoms with Crippen LogP contribution in [0.4, 0.5) is 0 Å². The third-order valence-electron chi connectivity index (χ3n) is 5.00. The number of H-pyrrole nitrogens is 1. The standard InChI is InChI=1S/C15H23N5O/c1-9-6-10(8-20(9)11-2-3-11)17-15(21)14-12-7-16-5-4-13(12)18-19-14/h9-11,16H,2-8H2,1H3,(H,17,21)(H,18,19). The molecule has 1 aromatic rings. The molecule has 0 radical (unpaired) electrons. The second-order valence-corrected chi connectivity index (χ2v) is 6.64. The van der Waals surface area contributed by atoms with E-state index in [1.54, 1.807) is 0 Å². The Hall–Kier alpha value is -1.40. The monoisotopic (exact) mass is 289 g/mol. The van der Waals surface area contributed by atoms with E-state index >= 15 is 0 Å². The molecule has 1 saturated heterocycles. The van der Waals surface area contributed by atoms with Crippen molar-refractivity contribution in [1.82, 2.24) is 25.7 Å². The topological polar surface area (TPSA) is 73.0 Å². The summed E-state index contributed by atoms with van der Waals surface area (Å²) in [7, 11) is 0. The van der Waals surface area contributed by atoms with Gasteiger partial charge in [0.1, 0.15) is 0 Å². The van der Waals surface area contributed by atoms with E-state index in [4.69, 9.17) is 0 Å². The molecule has 1 saturated carbocycles. The number of carbonyl (C=O) groups excluding carboxylic acids is 1. The fourth-order valence-electron chi connectivity index (χ4n) is 3.74. The van der Waals surface area contributed by atoms with Crippen LogP contribution in [0.3, 0.4) is 0 Å². The summed E-state index contributed by atoms with van der Waals surface area (Å²) in [6.07, 6.45) is 4.62. The Labute approximate surface area is 124 Å². The van der Waals surface area contributed by atoms with E-state index in [2.05, 4.69) is 32.7 Å². The third kappa shape index (κ3) is 2.46. The summed E-state index contributed by atoms with van der Waals surface area (Å²) in [6, 6.07) is 1.61. The Kier molecular flexibility index (Phi) is 3.23. The van der Waals surface area contributed by atoms with Crippen molar-refractivity contribution in [3.63, 3.8) is 0 Å². The highest BCUT2D eigenvalue weighted by molar-refractivity contribution is 5.94. The van der Waals surface area contributed by atoms with E-state index in [1.165, 1.54) is 12.8 Å². The van der Waals surface area contributed by atoms with Crippen LogP contribution in [-0.4, -0.2) is 52.2 Å². The fraction of sp³-hybridized carbons (Fsp3) is 0.733. The normalized spacial score (nSPS) is 29.4. The van der Waals surface area contributed by atoms with Gasteiger partial charge in [-0.3, -0.25) is 14.8 Å². The molecular weight excluding hydrogens is 266 g/mol. The molecule has 3 aliphatic rings. The summed E-state index contributed by atoms with van der Waals surface area (Å²) >= 11 is 0. The number of nitrogens with zero attached hydrogens (tertiary/aromatic N) is 2. The van der Waals surface area contributed by atoms with Crippen molar-refractivity contribution in [1.29, 1.82) is 0 Å². The van der Waals surface area contributed by atoms with Gasteiger partial charge in [-0.05, 0) is 26.2 Å². The van der Waals surface area contributed by atoms with Gasteiger partial charge in [0, 0.05) is 55.4 Å². The lowest BCUT2D eigenvalue weighted by molar-refractivity contribution is 0.0931. The van der Waals surface area contributed by atoms with E-state index < -0.39 is 0 Å². The van der Waals surface area contributed by atoms with Crippen LogP contribution in [0.15, 0.2) is 0 Å². The lowest BCUT2D eigenvalue weighted by atomic mass is 10.1. The van der Waals surface area contributed by atoms with Crippen molar-refractivity contribution >= 4 is 5.91 Å². The first-order chi connectivity index (χ1) is 10.2. The van der Waals surface area contributed by atoms with Crippen molar-refractivity contribution in [2.75, 3.05) is 13.1 Å². The molecule has 2 unspecified atom stereocenters. The highest BCUT2D eigenvalue weighted by Gasteiger charge is 2.39. The summed E-state index contributed by atoms with van der Waals surface area (Å²) in [5.74, 6) is -0.0222. The smallest absolute Gasteiger partial charge is 0.272 e. The number of nitrogens with one attached hydrogen (secondary N) is 3. The van der Waals surface area contributed by atoms with Crippen molar-refractivity contribution in [3.8, 4) is 0 Å². The zero-order valence-corrected chi connectivity index (χ0v) is 12.5. The molecule has 6 nitrogen and oxygen atoms in total. The summed E-state index contributed by atoms with van der Waals surface area (Å²) in [4.78, 5) is 15.0. The largest absolute Gasteiger partial charge is 0.347 e. The van der Waals surface area contributed by atoms with Crippen LogP contribution in [0.2, 0.25) is 0 Å². The van der Waals surface area contributed by atoms with Gasteiger partial charge in [-0.15, -0.1) is 0 Å². The number of carbonyl (C=O) groups is 1. The first-order valence-electron chi connectivity index (χ1n) is 8.06. The molecule has 0 spiro atoms. The van der Waals surface area contributed by atoms with E-state index in [0.717, 1.165) is 49.8 Å². The van der Waals surface area contributed by atoms with Crippen LogP contribution in [0, 0.1) is 0 Å². The summed E-state index contributed by atoms with van der Waals surface area (Å²) in [6.45, 7) is 4.95. The number of hydrogen-bond acceptors (Lipinski definition) is 4. The second kappa shape index (κ2) is 5.10. The number of likely N-dealkylation sites (tertiary alicyclic amines) is 1. The van der Waals surface area contributed by atoms with Gasteiger partial charge in [-0.1, -0.05) is 0 Å². The zero-order chi connectivity index (χ0) is 14.4. The molecule has 3 N–H and O–H groups in total. The molecule has 21 heavy (non-hydrogen) atoms. The Balaban J connectivity index is 1.43. The summed E-state index contributed by atoms with van der Waals surface area (Å²) in [5, 5.41) is 13.7. The minimum Gasteiger partial charge on any atom is -0.347 e. The fourth-order valence-corrected chi connectivity index (χ4v) is 3.74. The molecule has 114 valence electrons. The third-order valence-corrected chi connectivity index (χ3v) is 5.00. The van der Waals surface area contributed by atoms with Crippen LogP contribution in [0.5, 0.6) is 0 Å². The van der Waals surface area contributed by atoms with Crippen molar-refractivity contribution in [2.24, 2.45) is 0 Å². The first kappa shape index (κ1) is 13.3. The minimum atomic E-state index is -0.0222. The maximum absolute atomic E-state index is 12.5. The van der Waals surface area contributed by atoms with Crippen molar-refractivity contribution in [3.05, 3.63) is 17.0 Å².